The molecule has 0 aliphatic heterocycles. The van der Waals surface area contributed by atoms with Crippen molar-refractivity contribution < 1.29 is 14.0 Å². The summed E-state index contributed by atoms with van der Waals surface area (Å²) in [6.07, 6.45) is 0.502. The van der Waals surface area contributed by atoms with E-state index in [4.69, 9.17) is 10.2 Å². The number of hydrogen-bond acceptors (Lipinski definition) is 4. The molecular formula is C10H9N3O3. The maximum absolute atomic E-state index is 10.8. The van der Waals surface area contributed by atoms with Gasteiger partial charge < -0.3 is 15.5 Å². The highest BCUT2D eigenvalue weighted by Gasteiger charge is 2.15. The molecule has 0 saturated heterocycles. The summed E-state index contributed by atoms with van der Waals surface area (Å²) in [5.41, 5.74) is 6.31. The molecular weight excluding hydrogens is 210 g/mol. The number of anilines is 1. The molecule has 0 aliphatic rings. The zero-order valence-corrected chi connectivity index (χ0v) is 8.48. The minimum absolute atomic E-state index is 0.00639. The third kappa shape index (κ3) is 1.60. The molecule has 0 aliphatic carbocycles. The number of amides is 2. The van der Waals surface area contributed by atoms with E-state index in [0.29, 0.717) is 17.4 Å². The molecule has 2 aromatic rings. The van der Waals surface area contributed by atoms with E-state index in [1.165, 1.54) is 0 Å². The number of carbonyl (C=O) groups excluding carboxylic acids is 2. The number of hydrogen-bond donors (Lipinski definition) is 2. The number of nitrogens with two attached hydrogens (primary N) is 1. The number of aldehydes is 1. The third-order valence-electron chi connectivity index (χ3n) is 2.08. The lowest BCUT2D eigenvalue weighted by atomic mass is 10.2. The molecule has 6 heteroatoms. The first-order valence-electron chi connectivity index (χ1n) is 4.53. The van der Waals surface area contributed by atoms with E-state index in [-0.39, 0.29) is 11.4 Å². The third-order valence-corrected chi connectivity index (χ3v) is 2.08. The molecule has 0 saturated carbocycles. The standard InChI is InChI=1S/C10H9N3O3/c1-5-2-3-6-8(13-10(11)15)7(4-14)16-9(6)12-5/h2-4H,1H3,(H3,11,13,15). The zero-order valence-electron chi connectivity index (χ0n) is 8.48. The second kappa shape index (κ2) is 3.65. The van der Waals surface area contributed by atoms with Gasteiger partial charge in [-0.25, -0.2) is 9.78 Å². The summed E-state index contributed by atoms with van der Waals surface area (Å²) in [6, 6.07) is 2.70. The van der Waals surface area contributed by atoms with E-state index in [1.54, 1.807) is 19.1 Å². The summed E-state index contributed by atoms with van der Waals surface area (Å²) in [6.45, 7) is 1.80. The van der Waals surface area contributed by atoms with Gasteiger partial charge in [0.15, 0.2) is 12.0 Å². The van der Waals surface area contributed by atoms with Gasteiger partial charge in [0.2, 0.25) is 5.71 Å². The topological polar surface area (TPSA) is 98.2 Å². The SMILES string of the molecule is Cc1ccc2c(NC(N)=O)c(C=O)oc2n1. The predicted octanol–water partition coefficient (Wildman–Crippen LogP) is 1.44. The molecule has 3 N–H and O–H groups in total. The Kier molecular flexibility index (Phi) is 2.32. The van der Waals surface area contributed by atoms with Crippen molar-refractivity contribution in [2.75, 3.05) is 5.32 Å². The number of urea groups is 1. The minimum Gasteiger partial charge on any atom is -0.433 e. The second-order valence-electron chi connectivity index (χ2n) is 3.25. The molecule has 2 aromatic heterocycles. The first kappa shape index (κ1) is 10.2. The van der Waals surface area contributed by atoms with E-state index >= 15 is 0 Å². The van der Waals surface area contributed by atoms with Crippen LogP contribution in [0.4, 0.5) is 10.5 Å². The van der Waals surface area contributed by atoms with Crippen LogP contribution in [-0.4, -0.2) is 17.3 Å². The fourth-order valence-electron chi connectivity index (χ4n) is 1.42. The van der Waals surface area contributed by atoms with E-state index in [2.05, 4.69) is 10.3 Å². The van der Waals surface area contributed by atoms with Gasteiger partial charge in [-0.15, -0.1) is 0 Å². The van der Waals surface area contributed by atoms with Crippen LogP contribution >= 0.6 is 0 Å². The highest BCUT2D eigenvalue weighted by atomic mass is 16.4. The van der Waals surface area contributed by atoms with Gasteiger partial charge in [-0.3, -0.25) is 4.79 Å². The van der Waals surface area contributed by atoms with Crippen molar-refractivity contribution in [3.05, 3.63) is 23.6 Å². The second-order valence-corrected chi connectivity index (χ2v) is 3.25. The van der Waals surface area contributed by atoms with E-state index in [9.17, 15) is 9.59 Å². The Morgan fingerprint density at radius 3 is 2.94 bits per heavy atom. The van der Waals surface area contributed by atoms with Crippen LogP contribution in [0.3, 0.4) is 0 Å². The fourth-order valence-corrected chi connectivity index (χ4v) is 1.42. The molecule has 2 amide bonds. The quantitative estimate of drug-likeness (QED) is 0.746. The van der Waals surface area contributed by atoms with Crippen molar-refractivity contribution in [2.45, 2.75) is 6.92 Å². The Bertz CT molecular complexity index is 574. The van der Waals surface area contributed by atoms with Crippen molar-refractivity contribution in [3.63, 3.8) is 0 Å². The lowest BCUT2D eigenvalue weighted by Gasteiger charge is -1.98. The predicted molar refractivity (Wildman–Crippen MR) is 57.3 cm³/mol. The van der Waals surface area contributed by atoms with Gasteiger partial charge in [0.1, 0.15) is 5.69 Å². The fraction of sp³-hybridized carbons (Fsp3) is 0.100. The smallest absolute Gasteiger partial charge is 0.316 e. The lowest BCUT2D eigenvalue weighted by molar-refractivity contribution is 0.110. The first-order chi connectivity index (χ1) is 7.61. The number of aryl methyl sites for hydroxylation is 1. The zero-order chi connectivity index (χ0) is 11.7. The van der Waals surface area contributed by atoms with Crippen LogP contribution in [0.15, 0.2) is 16.5 Å². The largest absolute Gasteiger partial charge is 0.433 e. The Balaban J connectivity index is 2.68. The molecule has 2 rings (SSSR count). The molecule has 0 bridgehead atoms. The Hall–Kier alpha value is -2.37. The van der Waals surface area contributed by atoms with Crippen LogP contribution in [0.2, 0.25) is 0 Å². The van der Waals surface area contributed by atoms with E-state index in [0.717, 1.165) is 5.69 Å². The van der Waals surface area contributed by atoms with Crippen molar-refractivity contribution in [1.29, 1.82) is 0 Å². The maximum atomic E-state index is 10.8. The van der Waals surface area contributed by atoms with Crippen LogP contribution in [0.25, 0.3) is 11.1 Å². The van der Waals surface area contributed by atoms with Crippen molar-refractivity contribution in [3.8, 4) is 0 Å². The average molecular weight is 219 g/mol. The summed E-state index contributed by atoms with van der Waals surface area (Å²) in [7, 11) is 0. The van der Waals surface area contributed by atoms with Gasteiger partial charge in [0.25, 0.3) is 0 Å². The molecule has 2 heterocycles. The monoisotopic (exact) mass is 219 g/mol. The molecule has 0 radical (unpaired) electrons. The van der Waals surface area contributed by atoms with Crippen LogP contribution in [0.1, 0.15) is 16.2 Å². The lowest BCUT2D eigenvalue weighted by Crippen LogP contribution is -2.19. The van der Waals surface area contributed by atoms with E-state index in [1.807, 2.05) is 0 Å². The molecule has 0 fully saturated rings. The summed E-state index contributed by atoms with van der Waals surface area (Å²) in [5.74, 6) is 0.00639. The highest BCUT2D eigenvalue weighted by molar-refractivity contribution is 6.04. The Labute approximate surface area is 90.4 Å². The van der Waals surface area contributed by atoms with Gasteiger partial charge in [-0.05, 0) is 19.1 Å². The van der Waals surface area contributed by atoms with E-state index < -0.39 is 6.03 Å². The molecule has 0 spiro atoms. The number of furan rings is 1. The number of primary amides is 1. The van der Waals surface area contributed by atoms with Crippen LogP contribution in [0.5, 0.6) is 0 Å². The number of nitrogens with zero attached hydrogens (tertiary/aromatic N) is 1. The number of carbonyl (C=O) groups is 2. The van der Waals surface area contributed by atoms with Gasteiger partial charge >= 0.3 is 6.03 Å². The normalized spacial score (nSPS) is 10.3. The maximum Gasteiger partial charge on any atom is 0.316 e. The number of rotatable bonds is 2. The average Bonchev–Trinajstić information content (AvgIpc) is 2.55. The minimum atomic E-state index is -0.758. The van der Waals surface area contributed by atoms with Crippen molar-refractivity contribution in [1.82, 2.24) is 4.98 Å². The first-order valence-corrected chi connectivity index (χ1v) is 4.53. The van der Waals surface area contributed by atoms with Crippen molar-refractivity contribution >= 4 is 29.1 Å². The highest BCUT2D eigenvalue weighted by Crippen LogP contribution is 2.28. The van der Waals surface area contributed by atoms with Gasteiger partial charge in [0, 0.05) is 5.69 Å². The van der Waals surface area contributed by atoms with Crippen LogP contribution in [-0.2, 0) is 0 Å². The Morgan fingerprint density at radius 2 is 2.31 bits per heavy atom. The molecule has 0 aromatic carbocycles. The van der Waals surface area contributed by atoms with Crippen molar-refractivity contribution in [2.24, 2.45) is 5.73 Å². The number of fused-ring (bicyclic) bond motifs is 1. The van der Waals surface area contributed by atoms with Gasteiger partial charge in [-0.1, -0.05) is 0 Å². The number of aromatic nitrogens is 1. The summed E-state index contributed by atoms with van der Waals surface area (Å²) < 4.78 is 5.18. The molecule has 6 nitrogen and oxygen atoms in total. The summed E-state index contributed by atoms with van der Waals surface area (Å²) >= 11 is 0. The van der Waals surface area contributed by atoms with Crippen LogP contribution in [0, 0.1) is 6.92 Å². The molecule has 0 atom stereocenters. The summed E-state index contributed by atoms with van der Waals surface area (Å²) in [5, 5.41) is 2.89. The Morgan fingerprint density at radius 1 is 1.56 bits per heavy atom. The van der Waals surface area contributed by atoms with Gasteiger partial charge in [-0.2, -0.15) is 0 Å². The van der Waals surface area contributed by atoms with Crippen LogP contribution < -0.4 is 11.1 Å². The van der Waals surface area contributed by atoms with Gasteiger partial charge in [0.05, 0.1) is 5.39 Å². The summed E-state index contributed by atoms with van der Waals surface area (Å²) in [4.78, 5) is 25.6. The molecule has 82 valence electrons. The number of pyridine rings is 1. The number of nitrogens with one attached hydrogen (secondary N) is 1. The molecule has 0 unspecified atom stereocenters. The molecule has 16 heavy (non-hydrogen) atoms.